The molecular weight excluding hydrogens is 267 g/mol. The number of ether oxygens (including phenoxy) is 1. The van der Waals surface area contributed by atoms with Gasteiger partial charge in [0.25, 0.3) is 0 Å². The van der Waals surface area contributed by atoms with Crippen LogP contribution in [0.1, 0.15) is 11.1 Å². The second-order valence-electron chi connectivity index (χ2n) is 4.39. The third-order valence-corrected chi connectivity index (χ3v) is 2.98. The molecule has 5 heteroatoms. The first kappa shape index (κ1) is 14.2. The average molecular weight is 281 g/mol. The van der Waals surface area contributed by atoms with Crippen LogP contribution < -0.4 is 10.1 Å². The predicted molar refractivity (Wildman–Crippen MR) is 71.4 cm³/mol. The highest BCUT2D eigenvalue weighted by atomic mass is 19.1. The van der Waals surface area contributed by atoms with E-state index in [0.717, 1.165) is 12.1 Å². The largest absolute Gasteiger partial charge is 0.497 e. The standard InChI is InChI=1S/C15H14F3NO/c1-9-5-14(18)15(7-12(9)16)19-8-10-3-4-11(20-2)6-13(10)17/h3-7,19H,8H2,1-2H3. The molecule has 0 aliphatic heterocycles. The van der Waals surface area contributed by atoms with Crippen LogP contribution in [-0.4, -0.2) is 7.11 Å². The van der Waals surface area contributed by atoms with E-state index in [1.807, 2.05) is 0 Å². The predicted octanol–water partition coefficient (Wildman–Crippen LogP) is 4.03. The Labute approximate surface area is 115 Å². The Kier molecular flexibility index (Phi) is 4.17. The summed E-state index contributed by atoms with van der Waals surface area (Å²) < 4.78 is 45.6. The van der Waals surface area contributed by atoms with Crippen molar-refractivity contribution in [3.05, 3.63) is 58.9 Å². The van der Waals surface area contributed by atoms with E-state index in [2.05, 4.69) is 5.32 Å². The van der Waals surface area contributed by atoms with E-state index in [-0.39, 0.29) is 17.8 Å². The van der Waals surface area contributed by atoms with Gasteiger partial charge in [-0.05, 0) is 24.6 Å². The summed E-state index contributed by atoms with van der Waals surface area (Å²) in [6, 6.07) is 6.53. The zero-order valence-electron chi connectivity index (χ0n) is 11.1. The lowest BCUT2D eigenvalue weighted by atomic mass is 10.1. The molecule has 2 nitrogen and oxygen atoms in total. The van der Waals surface area contributed by atoms with E-state index >= 15 is 0 Å². The van der Waals surface area contributed by atoms with Crippen molar-refractivity contribution < 1.29 is 17.9 Å². The van der Waals surface area contributed by atoms with Crippen molar-refractivity contribution >= 4 is 5.69 Å². The fraction of sp³-hybridized carbons (Fsp3) is 0.200. The molecule has 0 fully saturated rings. The molecule has 0 saturated heterocycles. The number of hydrogen-bond acceptors (Lipinski definition) is 2. The smallest absolute Gasteiger partial charge is 0.146 e. The van der Waals surface area contributed by atoms with E-state index in [1.54, 1.807) is 6.07 Å². The first-order chi connectivity index (χ1) is 9.51. The minimum atomic E-state index is -0.571. The van der Waals surface area contributed by atoms with Crippen LogP contribution in [0.15, 0.2) is 30.3 Å². The minimum absolute atomic E-state index is 0.00307. The third kappa shape index (κ3) is 3.04. The van der Waals surface area contributed by atoms with Gasteiger partial charge in [0.2, 0.25) is 0 Å². The summed E-state index contributed by atoms with van der Waals surface area (Å²) >= 11 is 0. The molecule has 2 rings (SSSR count). The van der Waals surface area contributed by atoms with Crippen LogP contribution in [0.2, 0.25) is 0 Å². The van der Waals surface area contributed by atoms with Crippen molar-refractivity contribution in [1.29, 1.82) is 0 Å². The molecule has 0 radical (unpaired) electrons. The number of nitrogens with one attached hydrogen (secondary N) is 1. The summed E-state index contributed by atoms with van der Waals surface area (Å²) in [5.74, 6) is -1.15. The second kappa shape index (κ2) is 5.86. The van der Waals surface area contributed by atoms with Crippen LogP contribution in [0.4, 0.5) is 18.9 Å². The molecule has 0 saturated carbocycles. The molecule has 0 atom stereocenters. The maximum Gasteiger partial charge on any atom is 0.146 e. The van der Waals surface area contributed by atoms with E-state index in [9.17, 15) is 13.2 Å². The quantitative estimate of drug-likeness (QED) is 0.913. The van der Waals surface area contributed by atoms with Gasteiger partial charge >= 0.3 is 0 Å². The van der Waals surface area contributed by atoms with E-state index in [0.29, 0.717) is 11.3 Å². The lowest BCUT2D eigenvalue weighted by Gasteiger charge is -2.10. The van der Waals surface area contributed by atoms with E-state index in [1.165, 1.54) is 26.2 Å². The zero-order valence-corrected chi connectivity index (χ0v) is 11.1. The highest BCUT2D eigenvalue weighted by Crippen LogP contribution is 2.21. The molecule has 106 valence electrons. The van der Waals surface area contributed by atoms with Gasteiger partial charge in [-0.2, -0.15) is 0 Å². The van der Waals surface area contributed by atoms with Crippen molar-refractivity contribution in [2.75, 3.05) is 12.4 Å². The minimum Gasteiger partial charge on any atom is -0.497 e. The van der Waals surface area contributed by atoms with Gasteiger partial charge in [-0.1, -0.05) is 6.07 Å². The molecule has 0 aliphatic carbocycles. The normalized spacial score (nSPS) is 10.4. The molecule has 20 heavy (non-hydrogen) atoms. The Bertz CT molecular complexity index is 629. The van der Waals surface area contributed by atoms with Crippen LogP contribution in [0.25, 0.3) is 0 Å². The van der Waals surface area contributed by atoms with Gasteiger partial charge in [0.1, 0.15) is 23.2 Å². The maximum absolute atomic E-state index is 13.7. The molecule has 1 N–H and O–H groups in total. The number of hydrogen-bond donors (Lipinski definition) is 1. The van der Waals surface area contributed by atoms with Gasteiger partial charge in [-0.15, -0.1) is 0 Å². The summed E-state index contributed by atoms with van der Waals surface area (Å²) in [4.78, 5) is 0. The van der Waals surface area contributed by atoms with Crippen molar-refractivity contribution in [3.8, 4) is 5.75 Å². The number of methoxy groups -OCH3 is 1. The summed E-state index contributed by atoms with van der Waals surface area (Å²) in [6.45, 7) is 1.53. The molecule has 2 aromatic rings. The number of anilines is 1. The lowest BCUT2D eigenvalue weighted by Crippen LogP contribution is -2.04. The first-order valence-corrected chi connectivity index (χ1v) is 6.03. The monoisotopic (exact) mass is 281 g/mol. The maximum atomic E-state index is 13.7. The van der Waals surface area contributed by atoms with Gasteiger partial charge < -0.3 is 10.1 Å². The zero-order chi connectivity index (χ0) is 14.7. The Morgan fingerprint density at radius 3 is 2.40 bits per heavy atom. The highest BCUT2D eigenvalue weighted by Gasteiger charge is 2.09. The Morgan fingerprint density at radius 2 is 1.75 bits per heavy atom. The molecular formula is C15H14F3NO. The molecule has 0 heterocycles. The van der Waals surface area contributed by atoms with Crippen LogP contribution in [0, 0.1) is 24.4 Å². The lowest BCUT2D eigenvalue weighted by molar-refractivity contribution is 0.411. The van der Waals surface area contributed by atoms with Crippen molar-refractivity contribution in [3.63, 3.8) is 0 Å². The Balaban J connectivity index is 2.15. The summed E-state index contributed by atoms with van der Waals surface area (Å²) in [6.07, 6.45) is 0. The average Bonchev–Trinajstić information content (AvgIpc) is 2.42. The Morgan fingerprint density at radius 1 is 1.00 bits per heavy atom. The van der Waals surface area contributed by atoms with Crippen molar-refractivity contribution in [1.82, 2.24) is 0 Å². The number of benzene rings is 2. The SMILES string of the molecule is COc1ccc(CNc2cc(F)c(C)cc2F)c(F)c1. The molecule has 0 bridgehead atoms. The van der Waals surface area contributed by atoms with Crippen LogP contribution >= 0.6 is 0 Å². The van der Waals surface area contributed by atoms with Crippen molar-refractivity contribution in [2.45, 2.75) is 13.5 Å². The first-order valence-electron chi connectivity index (χ1n) is 6.03. The Hall–Kier alpha value is -2.17. The van der Waals surface area contributed by atoms with Gasteiger partial charge in [0.15, 0.2) is 0 Å². The number of aryl methyl sites for hydroxylation is 1. The van der Waals surface area contributed by atoms with Crippen LogP contribution in [0.3, 0.4) is 0 Å². The van der Waals surface area contributed by atoms with Crippen LogP contribution in [-0.2, 0) is 6.54 Å². The van der Waals surface area contributed by atoms with E-state index in [4.69, 9.17) is 4.74 Å². The fourth-order valence-electron chi connectivity index (χ4n) is 1.77. The fourth-order valence-corrected chi connectivity index (χ4v) is 1.77. The van der Waals surface area contributed by atoms with Crippen molar-refractivity contribution in [2.24, 2.45) is 0 Å². The summed E-state index contributed by atoms with van der Waals surface area (Å²) in [7, 11) is 1.44. The van der Waals surface area contributed by atoms with Gasteiger partial charge in [-0.3, -0.25) is 0 Å². The molecule has 0 aliphatic rings. The topological polar surface area (TPSA) is 21.3 Å². The number of rotatable bonds is 4. The highest BCUT2D eigenvalue weighted by molar-refractivity contribution is 5.47. The van der Waals surface area contributed by atoms with Gasteiger partial charge in [0.05, 0.1) is 12.8 Å². The molecule has 0 amide bonds. The van der Waals surface area contributed by atoms with Gasteiger partial charge in [0, 0.05) is 24.2 Å². The summed E-state index contributed by atoms with van der Waals surface area (Å²) in [5, 5.41) is 2.68. The molecule has 2 aromatic carbocycles. The van der Waals surface area contributed by atoms with Crippen LogP contribution in [0.5, 0.6) is 5.75 Å². The third-order valence-electron chi connectivity index (χ3n) is 2.98. The number of halogens is 3. The summed E-state index contributed by atoms with van der Waals surface area (Å²) in [5.41, 5.74) is 0.568. The van der Waals surface area contributed by atoms with E-state index < -0.39 is 17.5 Å². The molecule has 0 unspecified atom stereocenters. The van der Waals surface area contributed by atoms with Gasteiger partial charge in [-0.25, -0.2) is 13.2 Å². The molecule has 0 spiro atoms. The molecule has 0 aromatic heterocycles. The second-order valence-corrected chi connectivity index (χ2v) is 4.39.